The van der Waals surface area contributed by atoms with E-state index >= 15 is 0 Å². The number of carbonyl (C=O) groups excluding carboxylic acids is 1. The second-order valence-corrected chi connectivity index (χ2v) is 6.09. The Balaban J connectivity index is 0.00000156. The number of nitro benzene ring substituents is 1. The number of hydrogen-bond acceptors (Lipinski definition) is 5. The monoisotopic (exact) mass is 390 g/mol. The molecule has 1 aromatic rings. The fourth-order valence-corrected chi connectivity index (χ4v) is 3.27. The van der Waals surface area contributed by atoms with Crippen LogP contribution in [0.4, 0.5) is 11.4 Å². The van der Waals surface area contributed by atoms with E-state index in [1.54, 1.807) is 12.1 Å². The second kappa shape index (κ2) is 9.79. The Hall–Kier alpha value is -1.57. The number of nitrogens with zero attached hydrogens (tertiary/aromatic N) is 3. The van der Waals surface area contributed by atoms with Gasteiger partial charge >= 0.3 is 0 Å². The molecule has 0 aromatic heterocycles. The number of nitrogens with one attached hydrogen (secondary N) is 1. The lowest BCUT2D eigenvalue weighted by Crippen LogP contribution is -2.55. The van der Waals surface area contributed by atoms with Crippen molar-refractivity contribution < 1.29 is 9.72 Å². The van der Waals surface area contributed by atoms with Crippen LogP contribution >= 0.6 is 24.8 Å². The molecule has 0 bridgehead atoms. The summed E-state index contributed by atoms with van der Waals surface area (Å²) in [4.78, 5) is 27.0. The number of hydrogen-bond donors (Lipinski definition) is 1. The van der Waals surface area contributed by atoms with Crippen molar-refractivity contribution in [1.82, 2.24) is 10.2 Å². The molecule has 0 spiro atoms. The zero-order valence-corrected chi connectivity index (χ0v) is 15.6. The number of carbonyl (C=O) groups is 1. The van der Waals surface area contributed by atoms with Crippen molar-refractivity contribution in [2.24, 2.45) is 0 Å². The molecule has 0 saturated carbocycles. The first-order valence-electron chi connectivity index (χ1n) is 8.17. The van der Waals surface area contributed by atoms with Crippen molar-refractivity contribution in [2.45, 2.75) is 25.3 Å². The lowest BCUT2D eigenvalue weighted by Gasteiger charge is -2.38. The molecule has 0 aliphatic carbocycles. The number of non-ortho nitro benzene ring substituents is 1. The van der Waals surface area contributed by atoms with Gasteiger partial charge in [-0.05, 0) is 25.5 Å². The van der Waals surface area contributed by atoms with Gasteiger partial charge in [-0.15, -0.1) is 24.8 Å². The Bertz CT molecular complexity index is 588. The van der Waals surface area contributed by atoms with Crippen LogP contribution in [0.2, 0.25) is 0 Å². The average Bonchev–Trinajstić information content (AvgIpc) is 2.62. The average molecular weight is 391 g/mol. The quantitative estimate of drug-likeness (QED) is 0.632. The summed E-state index contributed by atoms with van der Waals surface area (Å²) in [5.74, 6) is 0.198. The standard InChI is InChI=1S/C16H22N4O3.2ClH/c21-16(15-6-1-2-7-17-15)19-10-8-18(9-11-19)13-4-3-5-14(12-13)20(22)23;;/h3-5,12,15,17H,1-2,6-11H2;2*1H/t15-;;/m0../s1. The molecule has 1 amide bonds. The molecule has 2 fully saturated rings. The van der Waals surface area contributed by atoms with Gasteiger partial charge in [-0.2, -0.15) is 0 Å². The molecular formula is C16H24Cl2N4O3. The highest BCUT2D eigenvalue weighted by molar-refractivity contribution is 5.85. The summed E-state index contributed by atoms with van der Waals surface area (Å²) in [5, 5.41) is 14.2. The molecule has 0 radical (unpaired) electrons. The van der Waals surface area contributed by atoms with E-state index in [-0.39, 0.29) is 47.4 Å². The Morgan fingerprint density at radius 3 is 2.48 bits per heavy atom. The molecule has 1 aromatic carbocycles. The maximum absolute atomic E-state index is 12.5. The van der Waals surface area contributed by atoms with Gasteiger partial charge in [0.1, 0.15) is 0 Å². The molecule has 2 heterocycles. The molecule has 9 heteroatoms. The zero-order chi connectivity index (χ0) is 16.2. The van der Waals surface area contributed by atoms with Crippen LogP contribution in [0.5, 0.6) is 0 Å². The number of anilines is 1. The van der Waals surface area contributed by atoms with Gasteiger partial charge in [-0.25, -0.2) is 0 Å². The van der Waals surface area contributed by atoms with Crippen LogP contribution in [0.15, 0.2) is 24.3 Å². The fourth-order valence-electron chi connectivity index (χ4n) is 3.27. The molecule has 140 valence electrons. The van der Waals surface area contributed by atoms with Crippen molar-refractivity contribution in [2.75, 3.05) is 37.6 Å². The third-order valence-corrected chi connectivity index (χ3v) is 4.61. The molecule has 0 unspecified atom stereocenters. The highest BCUT2D eigenvalue weighted by Gasteiger charge is 2.28. The molecule has 1 atom stereocenters. The molecule has 2 aliphatic heterocycles. The summed E-state index contributed by atoms with van der Waals surface area (Å²) in [7, 11) is 0. The molecular weight excluding hydrogens is 367 g/mol. The summed E-state index contributed by atoms with van der Waals surface area (Å²) >= 11 is 0. The minimum Gasteiger partial charge on any atom is -0.368 e. The Labute approximate surface area is 159 Å². The lowest BCUT2D eigenvalue weighted by atomic mass is 10.0. The van der Waals surface area contributed by atoms with Crippen LogP contribution < -0.4 is 10.2 Å². The van der Waals surface area contributed by atoms with Gasteiger partial charge in [-0.1, -0.05) is 12.5 Å². The second-order valence-electron chi connectivity index (χ2n) is 6.09. The van der Waals surface area contributed by atoms with E-state index < -0.39 is 0 Å². The first-order valence-corrected chi connectivity index (χ1v) is 8.17. The van der Waals surface area contributed by atoms with Crippen molar-refractivity contribution in [1.29, 1.82) is 0 Å². The third kappa shape index (κ3) is 5.20. The maximum atomic E-state index is 12.5. The summed E-state index contributed by atoms with van der Waals surface area (Å²) in [6, 6.07) is 6.65. The minimum atomic E-state index is -0.377. The summed E-state index contributed by atoms with van der Waals surface area (Å²) < 4.78 is 0. The van der Waals surface area contributed by atoms with E-state index in [1.165, 1.54) is 6.07 Å². The van der Waals surface area contributed by atoms with Crippen LogP contribution in [0.3, 0.4) is 0 Å². The molecule has 3 rings (SSSR count). The molecule has 1 N–H and O–H groups in total. The number of amides is 1. The molecule has 2 aliphatic rings. The van der Waals surface area contributed by atoms with Gasteiger partial charge in [0.2, 0.25) is 5.91 Å². The largest absolute Gasteiger partial charge is 0.368 e. The van der Waals surface area contributed by atoms with Crippen LogP contribution in [0.1, 0.15) is 19.3 Å². The van der Waals surface area contributed by atoms with Crippen LogP contribution in [-0.2, 0) is 4.79 Å². The van der Waals surface area contributed by atoms with Gasteiger partial charge in [0, 0.05) is 44.0 Å². The van der Waals surface area contributed by atoms with Crippen LogP contribution in [-0.4, -0.2) is 54.5 Å². The van der Waals surface area contributed by atoms with Crippen LogP contribution in [0.25, 0.3) is 0 Å². The van der Waals surface area contributed by atoms with E-state index in [4.69, 9.17) is 0 Å². The minimum absolute atomic E-state index is 0. The highest BCUT2D eigenvalue weighted by Crippen LogP contribution is 2.22. The SMILES string of the molecule is Cl.Cl.O=C([C@@H]1CCCCN1)N1CCN(c2cccc([N+](=O)[O-])c2)CC1. The summed E-state index contributed by atoms with van der Waals surface area (Å²) in [6.07, 6.45) is 3.17. The van der Waals surface area contributed by atoms with Gasteiger partial charge in [0.25, 0.3) is 5.69 Å². The van der Waals surface area contributed by atoms with Crippen LogP contribution in [0, 0.1) is 10.1 Å². The Kier molecular flexibility index (Phi) is 8.41. The maximum Gasteiger partial charge on any atom is 0.271 e. The molecule has 25 heavy (non-hydrogen) atoms. The number of benzene rings is 1. The number of nitro groups is 1. The number of rotatable bonds is 3. The van der Waals surface area contributed by atoms with Crippen molar-refractivity contribution in [3.63, 3.8) is 0 Å². The van der Waals surface area contributed by atoms with Crippen molar-refractivity contribution in [3.8, 4) is 0 Å². The van der Waals surface area contributed by atoms with Crippen molar-refractivity contribution in [3.05, 3.63) is 34.4 Å². The lowest BCUT2D eigenvalue weighted by molar-refractivity contribution is -0.384. The van der Waals surface area contributed by atoms with E-state index in [9.17, 15) is 14.9 Å². The summed E-state index contributed by atoms with van der Waals surface area (Å²) in [6.45, 7) is 3.67. The topological polar surface area (TPSA) is 78.7 Å². The van der Waals surface area contributed by atoms with Gasteiger partial charge in [-0.3, -0.25) is 14.9 Å². The Morgan fingerprint density at radius 2 is 1.88 bits per heavy atom. The van der Waals surface area contributed by atoms with Gasteiger partial charge in [0.15, 0.2) is 0 Å². The predicted octanol–water partition coefficient (Wildman–Crippen LogP) is 2.23. The van der Waals surface area contributed by atoms with E-state index in [2.05, 4.69) is 10.2 Å². The number of piperidine rings is 1. The zero-order valence-electron chi connectivity index (χ0n) is 13.9. The normalized spacial score (nSPS) is 20.2. The number of piperazine rings is 1. The number of halogens is 2. The fraction of sp³-hybridized carbons (Fsp3) is 0.562. The first-order chi connectivity index (χ1) is 11.1. The van der Waals surface area contributed by atoms with Gasteiger partial charge < -0.3 is 15.1 Å². The molecule has 2 saturated heterocycles. The van der Waals surface area contributed by atoms with E-state index in [0.29, 0.717) is 26.2 Å². The third-order valence-electron chi connectivity index (χ3n) is 4.61. The Morgan fingerprint density at radius 1 is 1.16 bits per heavy atom. The molecule has 7 nitrogen and oxygen atoms in total. The highest BCUT2D eigenvalue weighted by atomic mass is 35.5. The predicted molar refractivity (Wildman–Crippen MR) is 102 cm³/mol. The van der Waals surface area contributed by atoms with E-state index in [0.717, 1.165) is 31.5 Å². The van der Waals surface area contributed by atoms with Gasteiger partial charge in [0.05, 0.1) is 11.0 Å². The van der Waals surface area contributed by atoms with Crippen molar-refractivity contribution >= 4 is 42.1 Å². The van der Waals surface area contributed by atoms with E-state index in [1.807, 2.05) is 11.0 Å². The first kappa shape index (κ1) is 21.5. The smallest absolute Gasteiger partial charge is 0.271 e. The summed E-state index contributed by atoms with van der Waals surface area (Å²) in [5.41, 5.74) is 0.953.